The summed E-state index contributed by atoms with van der Waals surface area (Å²) in [6, 6.07) is 5.94. The van der Waals surface area contributed by atoms with Gasteiger partial charge in [-0.15, -0.1) is 0 Å². The highest BCUT2D eigenvalue weighted by atomic mass is 14.9. The van der Waals surface area contributed by atoms with Gasteiger partial charge in [0.15, 0.2) is 0 Å². The van der Waals surface area contributed by atoms with Crippen molar-refractivity contribution >= 4 is 0 Å². The zero-order valence-corrected chi connectivity index (χ0v) is 10.1. The Morgan fingerprint density at radius 2 is 1.94 bits per heavy atom. The van der Waals surface area contributed by atoms with Crippen LogP contribution in [-0.4, -0.2) is 15.0 Å². The van der Waals surface area contributed by atoms with Crippen LogP contribution in [0, 0.1) is 13.8 Å². The number of nitrogens with zero attached hydrogens (tertiary/aromatic N) is 3. The molecule has 4 nitrogen and oxygen atoms in total. The molecule has 2 aromatic rings. The summed E-state index contributed by atoms with van der Waals surface area (Å²) in [4.78, 5) is 12.7. The molecule has 2 heterocycles. The van der Waals surface area contributed by atoms with Crippen molar-refractivity contribution in [3.8, 4) is 0 Å². The second kappa shape index (κ2) is 5.50. The molecule has 0 fully saturated rings. The van der Waals surface area contributed by atoms with E-state index >= 15 is 0 Å². The van der Waals surface area contributed by atoms with E-state index in [1.54, 1.807) is 6.20 Å². The summed E-state index contributed by atoms with van der Waals surface area (Å²) in [6.07, 6.45) is 3.60. The molecule has 17 heavy (non-hydrogen) atoms. The van der Waals surface area contributed by atoms with E-state index in [4.69, 9.17) is 0 Å². The van der Waals surface area contributed by atoms with Gasteiger partial charge >= 0.3 is 0 Å². The van der Waals surface area contributed by atoms with Gasteiger partial charge in [0.2, 0.25) is 0 Å². The van der Waals surface area contributed by atoms with E-state index in [0.29, 0.717) is 0 Å². The van der Waals surface area contributed by atoms with Crippen LogP contribution in [-0.2, 0) is 13.1 Å². The smallest absolute Gasteiger partial charge is 0.125 e. The van der Waals surface area contributed by atoms with Crippen LogP contribution in [0.2, 0.25) is 0 Å². The fourth-order valence-electron chi connectivity index (χ4n) is 1.62. The Morgan fingerprint density at radius 3 is 2.71 bits per heavy atom. The van der Waals surface area contributed by atoms with Crippen LogP contribution in [0.1, 0.15) is 22.8 Å². The summed E-state index contributed by atoms with van der Waals surface area (Å²) in [5.41, 5.74) is 3.29. The molecule has 0 radical (unpaired) electrons. The fourth-order valence-corrected chi connectivity index (χ4v) is 1.62. The van der Waals surface area contributed by atoms with E-state index in [1.165, 1.54) is 5.56 Å². The number of hydrogen-bond donors (Lipinski definition) is 1. The highest BCUT2D eigenvalue weighted by Gasteiger charge is 1.99. The van der Waals surface area contributed by atoms with Crippen molar-refractivity contribution < 1.29 is 0 Å². The SMILES string of the molecule is Cc1nccc(CNCc2ncccc2C)n1. The maximum Gasteiger partial charge on any atom is 0.125 e. The molecular weight excluding hydrogens is 212 g/mol. The summed E-state index contributed by atoms with van der Waals surface area (Å²) >= 11 is 0. The molecule has 0 unspecified atom stereocenters. The van der Waals surface area contributed by atoms with Crippen LogP contribution in [0.25, 0.3) is 0 Å². The van der Waals surface area contributed by atoms with Gasteiger partial charge in [-0.2, -0.15) is 0 Å². The largest absolute Gasteiger partial charge is 0.305 e. The Morgan fingerprint density at radius 1 is 1.06 bits per heavy atom. The molecule has 0 aliphatic rings. The third kappa shape index (κ3) is 3.32. The number of rotatable bonds is 4. The first-order valence-electron chi connectivity index (χ1n) is 5.65. The second-order valence-corrected chi connectivity index (χ2v) is 3.97. The Kier molecular flexibility index (Phi) is 3.77. The van der Waals surface area contributed by atoms with Gasteiger partial charge in [0.05, 0.1) is 11.4 Å². The minimum atomic E-state index is 0.735. The van der Waals surface area contributed by atoms with Gasteiger partial charge in [-0.1, -0.05) is 6.07 Å². The lowest BCUT2D eigenvalue weighted by Crippen LogP contribution is -2.15. The van der Waals surface area contributed by atoms with Crippen LogP contribution in [0.4, 0.5) is 0 Å². The maximum atomic E-state index is 4.33. The number of aryl methyl sites for hydroxylation is 2. The zero-order chi connectivity index (χ0) is 12.1. The van der Waals surface area contributed by atoms with Crippen molar-refractivity contribution in [3.05, 3.63) is 53.4 Å². The van der Waals surface area contributed by atoms with Gasteiger partial charge in [-0.3, -0.25) is 4.98 Å². The molecule has 0 aromatic carbocycles. The highest BCUT2D eigenvalue weighted by Crippen LogP contribution is 2.02. The first-order valence-corrected chi connectivity index (χ1v) is 5.65. The monoisotopic (exact) mass is 228 g/mol. The lowest BCUT2D eigenvalue weighted by Gasteiger charge is -2.06. The molecule has 88 valence electrons. The number of hydrogen-bond acceptors (Lipinski definition) is 4. The number of nitrogens with one attached hydrogen (secondary N) is 1. The van der Waals surface area contributed by atoms with E-state index < -0.39 is 0 Å². The third-order valence-electron chi connectivity index (χ3n) is 2.55. The molecule has 0 saturated heterocycles. The van der Waals surface area contributed by atoms with Crippen LogP contribution in [0.3, 0.4) is 0 Å². The van der Waals surface area contributed by atoms with Gasteiger partial charge in [-0.25, -0.2) is 9.97 Å². The van der Waals surface area contributed by atoms with Crippen molar-refractivity contribution in [2.75, 3.05) is 0 Å². The van der Waals surface area contributed by atoms with Gasteiger partial charge in [0.1, 0.15) is 5.82 Å². The van der Waals surface area contributed by atoms with Gasteiger partial charge < -0.3 is 5.32 Å². The summed E-state index contributed by atoms with van der Waals surface area (Å²) in [5, 5.41) is 3.33. The van der Waals surface area contributed by atoms with Crippen LogP contribution in [0.15, 0.2) is 30.6 Å². The number of pyridine rings is 1. The summed E-state index contributed by atoms with van der Waals surface area (Å²) in [7, 11) is 0. The van der Waals surface area contributed by atoms with Gasteiger partial charge in [0, 0.05) is 25.5 Å². The van der Waals surface area contributed by atoms with Gasteiger partial charge in [0.25, 0.3) is 0 Å². The van der Waals surface area contributed by atoms with Crippen molar-refractivity contribution in [1.29, 1.82) is 0 Å². The van der Waals surface area contributed by atoms with E-state index in [0.717, 1.165) is 30.3 Å². The molecule has 0 aliphatic carbocycles. The number of aromatic nitrogens is 3. The van der Waals surface area contributed by atoms with Crippen LogP contribution in [0.5, 0.6) is 0 Å². The van der Waals surface area contributed by atoms with Crippen molar-refractivity contribution in [1.82, 2.24) is 20.3 Å². The molecule has 0 bridgehead atoms. The fraction of sp³-hybridized carbons (Fsp3) is 0.308. The van der Waals surface area contributed by atoms with E-state index in [-0.39, 0.29) is 0 Å². The lowest BCUT2D eigenvalue weighted by atomic mass is 10.2. The third-order valence-corrected chi connectivity index (χ3v) is 2.55. The molecule has 0 aliphatic heterocycles. The maximum absolute atomic E-state index is 4.33. The van der Waals surface area contributed by atoms with E-state index in [9.17, 15) is 0 Å². The minimum Gasteiger partial charge on any atom is -0.305 e. The Labute approximate surface area is 101 Å². The molecule has 2 rings (SSSR count). The average Bonchev–Trinajstić information content (AvgIpc) is 2.32. The predicted molar refractivity (Wildman–Crippen MR) is 66.3 cm³/mol. The lowest BCUT2D eigenvalue weighted by molar-refractivity contribution is 0.660. The molecule has 4 heteroatoms. The molecule has 0 saturated carbocycles. The predicted octanol–water partition coefficient (Wildman–Crippen LogP) is 1.78. The molecule has 0 atom stereocenters. The second-order valence-electron chi connectivity index (χ2n) is 3.97. The van der Waals surface area contributed by atoms with Crippen LogP contribution >= 0.6 is 0 Å². The Balaban J connectivity index is 1.90. The molecule has 0 amide bonds. The summed E-state index contributed by atoms with van der Waals surface area (Å²) in [5.74, 6) is 0.804. The van der Waals surface area contributed by atoms with Crippen molar-refractivity contribution in [3.63, 3.8) is 0 Å². The summed E-state index contributed by atoms with van der Waals surface area (Å²) < 4.78 is 0. The normalized spacial score (nSPS) is 10.5. The molecule has 2 aromatic heterocycles. The first-order chi connectivity index (χ1) is 8.25. The van der Waals surface area contributed by atoms with Crippen LogP contribution < -0.4 is 5.32 Å². The van der Waals surface area contributed by atoms with E-state index in [1.807, 2.05) is 25.3 Å². The minimum absolute atomic E-state index is 0.735. The molecular formula is C13H16N4. The zero-order valence-electron chi connectivity index (χ0n) is 10.1. The molecule has 0 spiro atoms. The average molecular weight is 228 g/mol. The Hall–Kier alpha value is -1.81. The van der Waals surface area contributed by atoms with Crippen molar-refractivity contribution in [2.24, 2.45) is 0 Å². The molecule has 1 N–H and O–H groups in total. The standard InChI is InChI=1S/C13H16N4/c1-10-4-3-6-16-13(10)9-14-8-12-5-7-15-11(2)17-12/h3-7,14H,8-9H2,1-2H3. The van der Waals surface area contributed by atoms with E-state index in [2.05, 4.69) is 33.3 Å². The quantitative estimate of drug-likeness (QED) is 0.866. The Bertz CT molecular complexity index is 496. The topological polar surface area (TPSA) is 50.7 Å². The van der Waals surface area contributed by atoms with Gasteiger partial charge in [-0.05, 0) is 31.5 Å². The van der Waals surface area contributed by atoms with Crippen molar-refractivity contribution in [2.45, 2.75) is 26.9 Å². The highest BCUT2D eigenvalue weighted by molar-refractivity contribution is 5.17. The summed E-state index contributed by atoms with van der Waals surface area (Å²) in [6.45, 7) is 5.46. The first kappa shape index (κ1) is 11.7.